The van der Waals surface area contributed by atoms with Gasteiger partial charge in [0, 0.05) is 25.9 Å². The molecule has 1 aliphatic rings. The molecule has 2 heterocycles. The van der Waals surface area contributed by atoms with E-state index in [1.807, 2.05) is 25.1 Å². The van der Waals surface area contributed by atoms with Crippen molar-refractivity contribution in [1.82, 2.24) is 4.98 Å². The van der Waals surface area contributed by atoms with Crippen molar-refractivity contribution in [2.75, 3.05) is 25.5 Å². The highest BCUT2D eigenvalue weighted by molar-refractivity contribution is 5.37. The quantitative estimate of drug-likeness (QED) is 0.599. The lowest BCUT2D eigenvalue weighted by Gasteiger charge is -2.10. The fraction of sp³-hybridized carbons (Fsp3) is 0.400. The molecule has 1 aromatic heterocycles. The van der Waals surface area contributed by atoms with E-state index >= 15 is 0 Å². The molecule has 0 aliphatic carbocycles. The van der Waals surface area contributed by atoms with Crippen LogP contribution >= 0.6 is 0 Å². The third kappa shape index (κ3) is 1.54. The zero-order valence-corrected chi connectivity index (χ0v) is 7.99. The summed E-state index contributed by atoms with van der Waals surface area (Å²) in [5, 5.41) is 1.16. The minimum atomic E-state index is 0.872. The molecule has 0 radical (unpaired) electrons. The molecule has 68 valence electrons. The largest absolute Gasteiger partial charge is 0.363 e. The molecule has 13 heavy (non-hydrogen) atoms. The van der Waals surface area contributed by atoms with Crippen LogP contribution in [0.3, 0.4) is 0 Å². The third-order valence-corrected chi connectivity index (χ3v) is 2.10. The van der Waals surface area contributed by atoms with Gasteiger partial charge in [-0.25, -0.2) is 4.98 Å². The molecule has 3 nitrogen and oxygen atoms in total. The van der Waals surface area contributed by atoms with Gasteiger partial charge < -0.3 is 4.90 Å². The van der Waals surface area contributed by atoms with Crippen molar-refractivity contribution in [2.45, 2.75) is 6.42 Å². The topological polar surface area (TPSA) is 28.5 Å². The van der Waals surface area contributed by atoms with E-state index in [1.165, 1.54) is 0 Å². The Morgan fingerprint density at radius 3 is 2.92 bits per heavy atom. The predicted molar refractivity (Wildman–Crippen MR) is 53.3 cm³/mol. The number of hydrogen-bond acceptors (Lipinski definition) is 3. The van der Waals surface area contributed by atoms with E-state index in [2.05, 4.69) is 22.1 Å². The summed E-state index contributed by atoms with van der Waals surface area (Å²) in [6.45, 7) is 0.872. The lowest BCUT2D eigenvalue weighted by Crippen LogP contribution is -2.32. The van der Waals surface area contributed by atoms with Crippen LogP contribution in [0.4, 0.5) is 5.82 Å². The van der Waals surface area contributed by atoms with E-state index in [0.717, 1.165) is 29.5 Å². The Bertz CT molecular complexity index is 420. The Morgan fingerprint density at radius 2 is 2.15 bits per heavy atom. The van der Waals surface area contributed by atoms with Gasteiger partial charge >= 0.3 is 0 Å². The van der Waals surface area contributed by atoms with Gasteiger partial charge in [-0.05, 0) is 18.6 Å². The van der Waals surface area contributed by atoms with Crippen molar-refractivity contribution >= 4 is 11.9 Å². The molecule has 0 saturated carbocycles. The monoisotopic (exact) mass is 175 g/mol. The molecule has 0 saturated heterocycles. The summed E-state index contributed by atoms with van der Waals surface area (Å²) >= 11 is 0. The standard InChI is InChI=1S/C10H13N3/c1-13(2)9-6-5-8-4-3-7-11-10(8)12-9/h4-6H,3,7H2,1-2H3. The first-order chi connectivity index (χ1) is 6.27. The SMILES string of the molecule is CN(C)c1ccc2c(n1)=NCCC=2. The minimum absolute atomic E-state index is 0.872. The average molecular weight is 175 g/mol. The maximum absolute atomic E-state index is 4.44. The number of fused-ring (bicyclic) bond motifs is 1. The molecule has 1 aromatic rings. The fourth-order valence-electron chi connectivity index (χ4n) is 1.37. The third-order valence-electron chi connectivity index (χ3n) is 2.10. The molecule has 2 rings (SSSR count). The van der Waals surface area contributed by atoms with Crippen LogP contribution in [-0.2, 0) is 0 Å². The number of anilines is 1. The van der Waals surface area contributed by atoms with Crippen LogP contribution in [0.2, 0.25) is 0 Å². The first-order valence-electron chi connectivity index (χ1n) is 4.46. The van der Waals surface area contributed by atoms with Gasteiger partial charge in [-0.3, -0.25) is 4.99 Å². The molecule has 1 aliphatic heterocycles. The average Bonchev–Trinajstić information content (AvgIpc) is 2.17. The van der Waals surface area contributed by atoms with Crippen molar-refractivity contribution in [3.8, 4) is 0 Å². The highest BCUT2D eigenvalue weighted by atomic mass is 15.1. The smallest absolute Gasteiger partial charge is 0.156 e. The summed E-state index contributed by atoms with van der Waals surface area (Å²) in [6.07, 6.45) is 3.23. The summed E-state index contributed by atoms with van der Waals surface area (Å²) in [6, 6.07) is 4.11. The predicted octanol–water partition coefficient (Wildman–Crippen LogP) is -0.0486. The maximum atomic E-state index is 4.44. The second-order valence-corrected chi connectivity index (χ2v) is 3.35. The highest BCUT2D eigenvalue weighted by Crippen LogP contribution is 1.99. The molecule has 3 heteroatoms. The van der Waals surface area contributed by atoms with Gasteiger partial charge in [-0.2, -0.15) is 0 Å². The molecule has 0 fully saturated rings. The summed E-state index contributed by atoms with van der Waals surface area (Å²) in [5.41, 5.74) is 0.887. The van der Waals surface area contributed by atoms with Gasteiger partial charge in [0.05, 0.1) is 0 Å². The summed E-state index contributed by atoms with van der Waals surface area (Å²) in [5.74, 6) is 0.970. The van der Waals surface area contributed by atoms with Crippen LogP contribution in [0.15, 0.2) is 17.1 Å². The highest BCUT2D eigenvalue weighted by Gasteiger charge is 1.99. The van der Waals surface area contributed by atoms with Gasteiger partial charge in [0.2, 0.25) is 0 Å². The van der Waals surface area contributed by atoms with E-state index in [9.17, 15) is 0 Å². The number of hydrogen-bond donors (Lipinski definition) is 0. The molecular weight excluding hydrogens is 162 g/mol. The van der Waals surface area contributed by atoms with Gasteiger partial charge in [0.1, 0.15) is 5.82 Å². The normalized spacial score (nSPS) is 14.0. The zero-order valence-electron chi connectivity index (χ0n) is 7.99. The molecule has 0 aromatic carbocycles. The van der Waals surface area contributed by atoms with Crippen LogP contribution in [-0.4, -0.2) is 25.6 Å². The number of nitrogens with zero attached hydrogens (tertiary/aromatic N) is 3. The van der Waals surface area contributed by atoms with Crippen molar-refractivity contribution < 1.29 is 0 Å². The molecule has 0 spiro atoms. The van der Waals surface area contributed by atoms with Crippen LogP contribution in [0.25, 0.3) is 6.08 Å². The van der Waals surface area contributed by atoms with Crippen molar-refractivity contribution in [1.29, 1.82) is 0 Å². The van der Waals surface area contributed by atoms with E-state index in [4.69, 9.17) is 0 Å². The van der Waals surface area contributed by atoms with Crippen LogP contribution in [0.1, 0.15) is 6.42 Å². The number of pyridine rings is 1. The number of rotatable bonds is 1. The van der Waals surface area contributed by atoms with Crippen molar-refractivity contribution in [2.24, 2.45) is 4.99 Å². The first-order valence-corrected chi connectivity index (χ1v) is 4.46. The molecular formula is C10H13N3. The Hall–Kier alpha value is -1.38. The van der Waals surface area contributed by atoms with Gasteiger partial charge in [-0.15, -0.1) is 0 Å². The van der Waals surface area contributed by atoms with E-state index in [1.54, 1.807) is 0 Å². The van der Waals surface area contributed by atoms with Gasteiger partial charge in [0.15, 0.2) is 5.49 Å². The Labute approximate surface area is 77.4 Å². The van der Waals surface area contributed by atoms with Crippen LogP contribution in [0.5, 0.6) is 0 Å². The first kappa shape index (κ1) is 8.23. The lowest BCUT2D eigenvalue weighted by atomic mass is 10.2. The Morgan fingerprint density at radius 1 is 1.31 bits per heavy atom. The van der Waals surface area contributed by atoms with Crippen LogP contribution in [0, 0.1) is 0 Å². The van der Waals surface area contributed by atoms with E-state index in [0.29, 0.717) is 0 Å². The fourth-order valence-corrected chi connectivity index (χ4v) is 1.37. The molecule has 0 unspecified atom stereocenters. The Balaban J connectivity index is 2.60. The summed E-state index contributed by atoms with van der Waals surface area (Å²) in [7, 11) is 3.97. The molecule has 0 N–H and O–H groups in total. The maximum Gasteiger partial charge on any atom is 0.156 e. The van der Waals surface area contributed by atoms with Gasteiger partial charge in [0.25, 0.3) is 0 Å². The second kappa shape index (κ2) is 3.17. The van der Waals surface area contributed by atoms with E-state index in [-0.39, 0.29) is 0 Å². The molecule has 0 bridgehead atoms. The second-order valence-electron chi connectivity index (χ2n) is 3.35. The van der Waals surface area contributed by atoms with Crippen molar-refractivity contribution in [3.05, 3.63) is 22.8 Å². The van der Waals surface area contributed by atoms with Crippen molar-refractivity contribution in [3.63, 3.8) is 0 Å². The Kier molecular flexibility index (Phi) is 2.00. The molecule has 0 amide bonds. The minimum Gasteiger partial charge on any atom is -0.363 e. The zero-order chi connectivity index (χ0) is 9.26. The van der Waals surface area contributed by atoms with E-state index < -0.39 is 0 Å². The van der Waals surface area contributed by atoms with Crippen LogP contribution < -0.4 is 15.6 Å². The molecule has 0 atom stereocenters. The number of aromatic nitrogens is 1. The lowest BCUT2D eigenvalue weighted by molar-refractivity contribution is 0.907. The van der Waals surface area contributed by atoms with Gasteiger partial charge in [-0.1, -0.05) is 6.08 Å². The summed E-state index contributed by atoms with van der Waals surface area (Å²) in [4.78, 5) is 10.8. The summed E-state index contributed by atoms with van der Waals surface area (Å²) < 4.78 is 0.